The zero-order chi connectivity index (χ0) is 17.1. The van der Waals surface area contributed by atoms with Crippen LogP contribution in [0.15, 0.2) is 0 Å². The Bertz CT molecular complexity index is 273. The first-order chi connectivity index (χ1) is 10.4. The lowest BCUT2D eigenvalue weighted by Crippen LogP contribution is -2.16. The van der Waals surface area contributed by atoms with Crippen LogP contribution in [0.1, 0.15) is 90.9 Å². The Balaban J connectivity index is 0. The van der Waals surface area contributed by atoms with Gasteiger partial charge in [-0.25, -0.2) is 0 Å². The van der Waals surface area contributed by atoms with Crippen LogP contribution in [-0.4, -0.2) is 30.6 Å². The van der Waals surface area contributed by atoms with Gasteiger partial charge in [-0.3, -0.25) is 9.11 Å². The van der Waals surface area contributed by atoms with Crippen LogP contribution in [0.25, 0.3) is 0 Å². The maximum atomic E-state index is 8.74. The molecule has 0 atom stereocenters. The molecule has 3 N–H and O–H groups in total. The molecule has 0 radical (unpaired) electrons. The molecule has 0 unspecified atom stereocenters. The quantitative estimate of drug-likeness (QED) is 0.317. The average Bonchev–Trinajstić information content (AvgIpc) is 2.42. The standard InChI is InChI=1S/C16H35N.H2O4S/c1-3-5-7-9-11-13-15-17-16-14-12-10-8-6-4-2;1-5(2,3)4/h17H,3-16H2,1-2H3;(H2,1,2,3,4). The lowest BCUT2D eigenvalue weighted by Gasteiger charge is -2.04. The van der Waals surface area contributed by atoms with E-state index in [9.17, 15) is 0 Å². The van der Waals surface area contributed by atoms with E-state index in [1.54, 1.807) is 0 Å². The summed E-state index contributed by atoms with van der Waals surface area (Å²) in [5, 5.41) is 3.57. The van der Waals surface area contributed by atoms with E-state index in [1.807, 2.05) is 0 Å². The van der Waals surface area contributed by atoms with Gasteiger partial charge in [0.05, 0.1) is 0 Å². The third-order valence-electron chi connectivity index (χ3n) is 3.41. The Labute approximate surface area is 137 Å². The van der Waals surface area contributed by atoms with Crippen molar-refractivity contribution in [1.82, 2.24) is 5.32 Å². The van der Waals surface area contributed by atoms with Gasteiger partial charge in [0, 0.05) is 0 Å². The van der Waals surface area contributed by atoms with E-state index in [0.29, 0.717) is 0 Å². The molecular formula is C16H37NO4S. The molecule has 136 valence electrons. The Hall–Kier alpha value is -0.170. The van der Waals surface area contributed by atoms with Crippen LogP contribution in [0, 0.1) is 0 Å². The number of rotatable bonds is 14. The summed E-state index contributed by atoms with van der Waals surface area (Å²) in [5.74, 6) is 0. The Kier molecular flexibility index (Phi) is 20.7. The Morgan fingerprint density at radius 2 is 0.909 bits per heavy atom. The predicted molar refractivity (Wildman–Crippen MR) is 93.8 cm³/mol. The van der Waals surface area contributed by atoms with E-state index in [4.69, 9.17) is 17.5 Å². The van der Waals surface area contributed by atoms with Crippen molar-refractivity contribution >= 4 is 10.4 Å². The smallest absolute Gasteiger partial charge is 0.317 e. The second-order valence-corrected chi connectivity index (χ2v) is 6.63. The molecule has 0 aliphatic rings. The molecule has 0 heterocycles. The Morgan fingerprint density at radius 3 is 1.23 bits per heavy atom. The highest BCUT2D eigenvalue weighted by molar-refractivity contribution is 7.79. The maximum absolute atomic E-state index is 8.74. The third kappa shape index (κ3) is 36.8. The second-order valence-electron chi connectivity index (χ2n) is 5.73. The summed E-state index contributed by atoms with van der Waals surface area (Å²) in [4.78, 5) is 0. The highest BCUT2D eigenvalue weighted by Gasteiger charge is 1.92. The molecule has 0 aromatic carbocycles. The van der Waals surface area contributed by atoms with Gasteiger partial charge in [0.15, 0.2) is 0 Å². The van der Waals surface area contributed by atoms with Crippen LogP contribution in [0.3, 0.4) is 0 Å². The van der Waals surface area contributed by atoms with E-state index in [1.165, 1.54) is 90.1 Å². The summed E-state index contributed by atoms with van der Waals surface area (Å²) in [6.45, 7) is 7.03. The van der Waals surface area contributed by atoms with Crippen LogP contribution in [0.5, 0.6) is 0 Å². The molecule has 0 spiro atoms. The van der Waals surface area contributed by atoms with E-state index >= 15 is 0 Å². The van der Waals surface area contributed by atoms with E-state index in [0.717, 1.165) is 0 Å². The van der Waals surface area contributed by atoms with Crippen LogP contribution in [0.2, 0.25) is 0 Å². The molecule has 5 nitrogen and oxygen atoms in total. The summed E-state index contributed by atoms with van der Waals surface area (Å²) >= 11 is 0. The van der Waals surface area contributed by atoms with Gasteiger partial charge < -0.3 is 5.32 Å². The zero-order valence-corrected chi connectivity index (χ0v) is 15.3. The maximum Gasteiger partial charge on any atom is 0.394 e. The number of nitrogens with one attached hydrogen (secondary N) is 1. The fourth-order valence-corrected chi connectivity index (χ4v) is 2.19. The summed E-state index contributed by atoms with van der Waals surface area (Å²) in [6, 6.07) is 0. The van der Waals surface area contributed by atoms with Crippen molar-refractivity contribution in [2.45, 2.75) is 90.9 Å². The topological polar surface area (TPSA) is 86.6 Å². The second kappa shape index (κ2) is 18.9. The monoisotopic (exact) mass is 339 g/mol. The molecule has 0 fully saturated rings. The average molecular weight is 340 g/mol. The molecule has 0 aliphatic carbocycles. The molecule has 0 saturated carbocycles. The van der Waals surface area contributed by atoms with Gasteiger partial charge in [0.2, 0.25) is 0 Å². The fourth-order valence-electron chi connectivity index (χ4n) is 2.19. The molecule has 0 aliphatic heterocycles. The molecule has 22 heavy (non-hydrogen) atoms. The number of hydrogen-bond donors (Lipinski definition) is 3. The molecule has 0 bridgehead atoms. The van der Waals surface area contributed by atoms with Gasteiger partial charge >= 0.3 is 10.4 Å². The summed E-state index contributed by atoms with van der Waals surface area (Å²) in [5.41, 5.74) is 0. The van der Waals surface area contributed by atoms with Crippen molar-refractivity contribution in [3.8, 4) is 0 Å². The summed E-state index contributed by atoms with van der Waals surface area (Å²) in [6.07, 6.45) is 16.9. The molecule has 6 heteroatoms. The zero-order valence-electron chi connectivity index (χ0n) is 14.5. The molecule has 0 aromatic heterocycles. The van der Waals surface area contributed by atoms with Gasteiger partial charge in [-0.15, -0.1) is 0 Å². The van der Waals surface area contributed by atoms with Gasteiger partial charge in [-0.05, 0) is 25.9 Å². The van der Waals surface area contributed by atoms with Crippen LogP contribution in [0.4, 0.5) is 0 Å². The molecule has 0 rings (SSSR count). The predicted octanol–water partition coefficient (Wildman–Crippen LogP) is 4.64. The minimum atomic E-state index is -4.67. The lowest BCUT2D eigenvalue weighted by molar-refractivity contribution is 0.381. The van der Waals surface area contributed by atoms with Crippen LogP contribution >= 0.6 is 0 Å². The minimum Gasteiger partial charge on any atom is -0.317 e. The van der Waals surface area contributed by atoms with Gasteiger partial charge in [0.25, 0.3) is 0 Å². The first-order valence-corrected chi connectivity index (χ1v) is 10.2. The molecule has 0 amide bonds. The Morgan fingerprint density at radius 1 is 0.636 bits per heavy atom. The van der Waals surface area contributed by atoms with Crippen molar-refractivity contribution in [1.29, 1.82) is 0 Å². The van der Waals surface area contributed by atoms with E-state index in [2.05, 4.69) is 19.2 Å². The van der Waals surface area contributed by atoms with Crippen molar-refractivity contribution < 1.29 is 17.5 Å². The van der Waals surface area contributed by atoms with Crippen molar-refractivity contribution in [3.63, 3.8) is 0 Å². The van der Waals surface area contributed by atoms with Crippen LogP contribution < -0.4 is 5.32 Å². The highest BCUT2D eigenvalue weighted by atomic mass is 32.3. The van der Waals surface area contributed by atoms with Gasteiger partial charge in [0.1, 0.15) is 0 Å². The van der Waals surface area contributed by atoms with Gasteiger partial charge in [-0.2, -0.15) is 8.42 Å². The third-order valence-corrected chi connectivity index (χ3v) is 3.41. The summed E-state index contributed by atoms with van der Waals surface area (Å²) in [7, 11) is -4.67. The SMILES string of the molecule is CCCCCCCCNCCCCCCCC.O=S(=O)(O)O. The van der Waals surface area contributed by atoms with Crippen molar-refractivity contribution in [3.05, 3.63) is 0 Å². The minimum absolute atomic E-state index is 1.24. The lowest BCUT2D eigenvalue weighted by atomic mass is 10.1. The number of unbranched alkanes of at least 4 members (excludes halogenated alkanes) is 10. The van der Waals surface area contributed by atoms with Crippen molar-refractivity contribution in [2.24, 2.45) is 0 Å². The first kappa shape index (κ1) is 24.1. The molecule has 0 saturated heterocycles. The first-order valence-electron chi connectivity index (χ1n) is 8.82. The molecular weight excluding hydrogens is 302 g/mol. The highest BCUT2D eigenvalue weighted by Crippen LogP contribution is 2.05. The van der Waals surface area contributed by atoms with Crippen LogP contribution in [-0.2, 0) is 10.4 Å². The normalized spacial score (nSPS) is 11.1. The van der Waals surface area contributed by atoms with E-state index < -0.39 is 10.4 Å². The number of hydrogen-bond acceptors (Lipinski definition) is 3. The fraction of sp³-hybridized carbons (Fsp3) is 1.00. The van der Waals surface area contributed by atoms with Gasteiger partial charge in [-0.1, -0.05) is 78.1 Å². The van der Waals surface area contributed by atoms with E-state index in [-0.39, 0.29) is 0 Å². The molecule has 0 aromatic rings. The van der Waals surface area contributed by atoms with Crippen molar-refractivity contribution in [2.75, 3.05) is 13.1 Å². The largest absolute Gasteiger partial charge is 0.394 e. The summed E-state index contributed by atoms with van der Waals surface area (Å²) < 4.78 is 31.6.